The molecule has 0 spiro atoms. The molecule has 0 amide bonds. The lowest BCUT2D eigenvalue weighted by molar-refractivity contribution is 0.666. The Morgan fingerprint density at radius 3 is 2.88 bits per heavy atom. The number of anilines is 1. The summed E-state index contributed by atoms with van der Waals surface area (Å²) in [6.07, 6.45) is 2.86. The summed E-state index contributed by atoms with van der Waals surface area (Å²) in [7, 11) is 0. The molecule has 0 saturated carbocycles. The zero-order valence-corrected chi connectivity index (χ0v) is 17.1. The highest BCUT2D eigenvalue weighted by Gasteiger charge is 2.10. The van der Waals surface area contributed by atoms with Crippen molar-refractivity contribution in [2.75, 3.05) is 18.4 Å². The third kappa shape index (κ3) is 4.26. The van der Waals surface area contributed by atoms with Crippen molar-refractivity contribution >= 4 is 50.1 Å². The van der Waals surface area contributed by atoms with Crippen molar-refractivity contribution in [3.63, 3.8) is 0 Å². The Balaban J connectivity index is 1.46. The van der Waals surface area contributed by atoms with Crippen molar-refractivity contribution in [1.82, 2.24) is 10.3 Å². The third-order valence-corrected chi connectivity index (χ3v) is 6.82. The van der Waals surface area contributed by atoms with E-state index < -0.39 is 0 Å². The first-order valence-electron chi connectivity index (χ1n) is 8.57. The fourth-order valence-electron chi connectivity index (χ4n) is 2.79. The summed E-state index contributed by atoms with van der Waals surface area (Å²) in [5.74, 6) is 0.766. The number of aromatic amines is 1. The van der Waals surface area contributed by atoms with Gasteiger partial charge in [-0.2, -0.15) is 0 Å². The number of fused-ring (bicyclic) bond motifs is 1. The summed E-state index contributed by atoms with van der Waals surface area (Å²) in [4.78, 5) is 17.9. The summed E-state index contributed by atoms with van der Waals surface area (Å²) in [5.41, 5.74) is 2.18. The molecule has 0 radical (unpaired) electrons. The number of nitrogens with one attached hydrogen (secondary N) is 3. The Labute approximate surface area is 165 Å². The van der Waals surface area contributed by atoms with Gasteiger partial charge in [0.25, 0.3) is 0 Å². The molecule has 0 unspecified atom stereocenters. The van der Waals surface area contributed by atoms with E-state index in [1.165, 1.54) is 15.3 Å². The Morgan fingerprint density at radius 2 is 2.12 bits per heavy atom. The van der Waals surface area contributed by atoms with Gasteiger partial charge in [0.2, 0.25) is 0 Å². The summed E-state index contributed by atoms with van der Waals surface area (Å²) in [6, 6.07) is 9.18. The number of para-hydroxylation sites is 1. The van der Waals surface area contributed by atoms with Crippen molar-refractivity contribution < 1.29 is 0 Å². The average molecular weight is 432 g/mol. The standard InChI is InChI=1S/C20H22BrN3OS/c1-3-17-20(21)13(2)18(26-17)12-22-9-6-10-23-19-11-16(25)14-7-4-5-8-15(14)24-19/h3-5,7-8,11,22H,1,6,9-10,12H2,2H3,(H2,23,24,25). The van der Waals surface area contributed by atoms with Crippen LogP contribution < -0.4 is 16.1 Å². The molecule has 6 heteroatoms. The minimum Gasteiger partial charge on any atom is -0.371 e. The van der Waals surface area contributed by atoms with Crippen LogP contribution in [0.1, 0.15) is 21.7 Å². The molecular formula is C20H22BrN3OS. The van der Waals surface area contributed by atoms with Crippen LogP contribution in [0.25, 0.3) is 17.0 Å². The maximum Gasteiger partial charge on any atom is 0.191 e. The lowest BCUT2D eigenvalue weighted by atomic mass is 10.2. The molecule has 26 heavy (non-hydrogen) atoms. The third-order valence-electron chi connectivity index (χ3n) is 4.25. The van der Waals surface area contributed by atoms with Gasteiger partial charge in [-0.25, -0.2) is 0 Å². The summed E-state index contributed by atoms with van der Waals surface area (Å²) >= 11 is 5.38. The first-order valence-corrected chi connectivity index (χ1v) is 10.2. The monoisotopic (exact) mass is 431 g/mol. The van der Waals surface area contributed by atoms with E-state index in [4.69, 9.17) is 0 Å². The molecular weight excluding hydrogens is 410 g/mol. The van der Waals surface area contributed by atoms with Crippen molar-refractivity contribution in [2.45, 2.75) is 19.9 Å². The quantitative estimate of drug-likeness (QED) is 0.444. The largest absolute Gasteiger partial charge is 0.371 e. The van der Waals surface area contributed by atoms with E-state index in [0.29, 0.717) is 0 Å². The average Bonchev–Trinajstić information content (AvgIpc) is 2.92. The molecule has 0 aliphatic heterocycles. The Morgan fingerprint density at radius 1 is 1.31 bits per heavy atom. The van der Waals surface area contributed by atoms with Crippen molar-refractivity contribution in [3.05, 3.63) is 66.9 Å². The van der Waals surface area contributed by atoms with Gasteiger partial charge in [-0.05, 0) is 53.5 Å². The van der Waals surface area contributed by atoms with Gasteiger partial charge in [0.05, 0.1) is 5.52 Å². The van der Waals surface area contributed by atoms with Gasteiger partial charge in [0.15, 0.2) is 5.43 Å². The van der Waals surface area contributed by atoms with Crippen LogP contribution in [0.3, 0.4) is 0 Å². The number of thiophene rings is 1. The second kappa shape index (κ2) is 8.66. The van der Waals surface area contributed by atoms with Gasteiger partial charge < -0.3 is 15.6 Å². The minimum atomic E-state index is 0.0387. The van der Waals surface area contributed by atoms with Crippen LogP contribution in [0, 0.1) is 6.92 Å². The maximum atomic E-state index is 12.1. The molecule has 0 bridgehead atoms. The van der Waals surface area contributed by atoms with Gasteiger partial charge in [0.1, 0.15) is 5.82 Å². The van der Waals surface area contributed by atoms with Crippen LogP contribution in [0.4, 0.5) is 5.82 Å². The molecule has 3 aromatic rings. The molecule has 4 nitrogen and oxygen atoms in total. The van der Waals surface area contributed by atoms with Gasteiger partial charge in [-0.3, -0.25) is 4.79 Å². The number of H-pyrrole nitrogens is 1. The number of pyridine rings is 1. The normalized spacial score (nSPS) is 11.0. The lowest BCUT2D eigenvalue weighted by Crippen LogP contribution is -2.18. The van der Waals surface area contributed by atoms with Crippen LogP contribution >= 0.6 is 27.3 Å². The van der Waals surface area contributed by atoms with E-state index in [1.54, 1.807) is 17.4 Å². The number of halogens is 1. The number of hydrogen-bond acceptors (Lipinski definition) is 4. The van der Waals surface area contributed by atoms with E-state index in [9.17, 15) is 4.79 Å². The van der Waals surface area contributed by atoms with E-state index in [-0.39, 0.29) is 5.43 Å². The second-order valence-corrected chi connectivity index (χ2v) is 8.01. The summed E-state index contributed by atoms with van der Waals surface area (Å²) in [5, 5.41) is 7.49. The van der Waals surface area contributed by atoms with E-state index >= 15 is 0 Å². The fourth-order valence-corrected chi connectivity index (χ4v) is 4.59. The van der Waals surface area contributed by atoms with Crippen molar-refractivity contribution in [1.29, 1.82) is 0 Å². The van der Waals surface area contributed by atoms with Crippen LogP contribution in [0.2, 0.25) is 0 Å². The lowest BCUT2D eigenvalue weighted by Gasteiger charge is -2.08. The number of rotatable bonds is 8. The molecule has 2 heterocycles. The SMILES string of the molecule is C=Cc1sc(CNCCCNc2cc(=O)c3ccccc3[nH]2)c(C)c1Br. The summed E-state index contributed by atoms with van der Waals surface area (Å²) < 4.78 is 1.15. The van der Waals surface area contributed by atoms with Gasteiger partial charge in [0, 0.05) is 38.8 Å². The Kier molecular flexibility index (Phi) is 6.29. The predicted molar refractivity (Wildman–Crippen MR) is 116 cm³/mol. The highest BCUT2D eigenvalue weighted by molar-refractivity contribution is 9.10. The smallest absolute Gasteiger partial charge is 0.191 e. The molecule has 0 aliphatic carbocycles. The highest BCUT2D eigenvalue weighted by atomic mass is 79.9. The molecule has 136 valence electrons. The van der Waals surface area contributed by atoms with Crippen molar-refractivity contribution in [3.8, 4) is 0 Å². The second-order valence-electron chi connectivity index (χ2n) is 6.08. The number of benzene rings is 1. The first kappa shape index (κ1) is 18.9. The molecule has 1 aromatic carbocycles. The van der Waals surface area contributed by atoms with Crippen LogP contribution in [-0.2, 0) is 6.54 Å². The van der Waals surface area contributed by atoms with Crippen LogP contribution in [-0.4, -0.2) is 18.1 Å². The minimum absolute atomic E-state index is 0.0387. The van der Waals surface area contributed by atoms with Crippen LogP contribution in [0.15, 0.2) is 46.2 Å². The predicted octanol–water partition coefficient (Wildman–Crippen LogP) is 4.90. The van der Waals surface area contributed by atoms with Gasteiger partial charge >= 0.3 is 0 Å². The molecule has 2 aromatic heterocycles. The number of aromatic nitrogens is 1. The molecule has 0 aliphatic rings. The summed E-state index contributed by atoms with van der Waals surface area (Å²) in [6.45, 7) is 8.54. The van der Waals surface area contributed by atoms with Crippen molar-refractivity contribution in [2.24, 2.45) is 0 Å². The first-order chi connectivity index (χ1) is 12.6. The van der Waals surface area contributed by atoms with E-state index in [1.807, 2.05) is 30.3 Å². The van der Waals surface area contributed by atoms with Crippen LogP contribution in [0.5, 0.6) is 0 Å². The molecule has 3 rings (SSSR count). The fraction of sp³-hybridized carbons (Fsp3) is 0.250. The Hall–Kier alpha value is -1.89. The highest BCUT2D eigenvalue weighted by Crippen LogP contribution is 2.33. The number of hydrogen-bond donors (Lipinski definition) is 3. The molecule has 3 N–H and O–H groups in total. The Bertz CT molecular complexity index is 977. The molecule has 0 saturated heterocycles. The van der Waals surface area contributed by atoms with E-state index in [2.05, 4.69) is 45.1 Å². The topological polar surface area (TPSA) is 56.9 Å². The zero-order valence-electron chi connectivity index (χ0n) is 14.7. The van der Waals surface area contributed by atoms with E-state index in [0.717, 1.165) is 47.2 Å². The molecule has 0 fully saturated rings. The maximum absolute atomic E-state index is 12.1. The molecule has 0 atom stereocenters. The van der Waals surface area contributed by atoms with Gasteiger partial charge in [-0.1, -0.05) is 24.8 Å². The zero-order chi connectivity index (χ0) is 18.5. The van der Waals surface area contributed by atoms with Gasteiger partial charge in [-0.15, -0.1) is 11.3 Å².